The van der Waals surface area contributed by atoms with Gasteiger partial charge in [-0.05, 0) is 48.4 Å². The Labute approximate surface area is 149 Å². The molecule has 1 aromatic carbocycles. The second-order valence-electron chi connectivity index (χ2n) is 5.04. The van der Waals surface area contributed by atoms with Crippen molar-refractivity contribution in [3.05, 3.63) is 65.5 Å². The first kappa shape index (κ1) is 20.2. The summed E-state index contributed by atoms with van der Waals surface area (Å²) in [5.74, 6) is -0.0670. The van der Waals surface area contributed by atoms with Crippen molar-refractivity contribution < 1.29 is 14.6 Å². The highest BCUT2D eigenvalue weighted by molar-refractivity contribution is 5.88. The van der Waals surface area contributed by atoms with Crippen molar-refractivity contribution in [3.8, 4) is 0 Å². The van der Waals surface area contributed by atoms with Gasteiger partial charge in [0.1, 0.15) is 5.76 Å². The maximum Gasteiger partial charge on any atom is 0.335 e. The lowest BCUT2D eigenvalue weighted by atomic mass is 10.1. The number of hydrogen-bond donors (Lipinski definition) is 1. The molecule has 0 saturated carbocycles. The number of carbonyl (C=O) groups is 1. The summed E-state index contributed by atoms with van der Waals surface area (Å²) in [5.41, 5.74) is 2.27. The Kier molecular flexibility index (Phi) is 8.79. The summed E-state index contributed by atoms with van der Waals surface area (Å²) in [7, 11) is 3.49. The molecular weight excluding hydrogens is 316 g/mol. The molecule has 5 nitrogen and oxygen atoms in total. The summed E-state index contributed by atoms with van der Waals surface area (Å²) >= 11 is 0. The predicted molar refractivity (Wildman–Crippen MR) is 103 cm³/mol. The summed E-state index contributed by atoms with van der Waals surface area (Å²) in [4.78, 5) is 10.8. The van der Waals surface area contributed by atoms with Crippen LogP contribution in [0.25, 0.3) is 0 Å². The van der Waals surface area contributed by atoms with Gasteiger partial charge >= 0.3 is 5.97 Å². The summed E-state index contributed by atoms with van der Waals surface area (Å²) in [6, 6.07) is 6.61. The fourth-order valence-corrected chi connectivity index (χ4v) is 2.11. The third kappa shape index (κ3) is 6.67. The number of carboxylic acid groups (broad SMARTS) is 1. The van der Waals surface area contributed by atoms with E-state index in [9.17, 15) is 4.79 Å². The van der Waals surface area contributed by atoms with E-state index in [0.29, 0.717) is 0 Å². The van der Waals surface area contributed by atoms with Gasteiger partial charge in [0, 0.05) is 19.7 Å². The minimum Gasteiger partial charge on any atom is -0.497 e. The van der Waals surface area contributed by atoms with Gasteiger partial charge in [0.2, 0.25) is 0 Å². The van der Waals surface area contributed by atoms with Crippen LogP contribution < -0.4 is 5.01 Å². The number of hydrogen-bond acceptors (Lipinski definition) is 4. The smallest absolute Gasteiger partial charge is 0.335 e. The molecule has 0 heterocycles. The number of rotatable bonds is 6. The highest BCUT2D eigenvalue weighted by Crippen LogP contribution is 2.15. The second kappa shape index (κ2) is 10.9. The van der Waals surface area contributed by atoms with Crippen LogP contribution in [0.3, 0.4) is 0 Å². The molecule has 1 N–H and O–H groups in total. The zero-order chi connectivity index (χ0) is 18.7. The molecule has 0 bridgehead atoms. The number of anilines is 1. The zero-order valence-electron chi connectivity index (χ0n) is 15.3. The van der Waals surface area contributed by atoms with E-state index in [1.54, 1.807) is 36.4 Å². The van der Waals surface area contributed by atoms with Crippen LogP contribution in [0.1, 0.15) is 37.0 Å². The van der Waals surface area contributed by atoms with Crippen molar-refractivity contribution in [2.45, 2.75) is 26.7 Å². The van der Waals surface area contributed by atoms with Crippen LogP contribution in [0.4, 0.5) is 5.69 Å². The molecule has 0 amide bonds. The maximum absolute atomic E-state index is 10.8. The average Bonchev–Trinajstić information content (AvgIpc) is 2.88. The van der Waals surface area contributed by atoms with E-state index in [2.05, 4.69) is 11.2 Å². The SMILES string of the molecule is CC.COC1=CCC=C(C/C=N\N(C)c2ccc(C(=O)O)cc2)C=C1. The van der Waals surface area contributed by atoms with Gasteiger partial charge < -0.3 is 9.84 Å². The van der Waals surface area contributed by atoms with E-state index in [1.165, 1.54) is 5.57 Å². The molecule has 5 heteroatoms. The van der Waals surface area contributed by atoms with Crippen molar-refractivity contribution in [1.82, 2.24) is 0 Å². The van der Waals surface area contributed by atoms with Crippen molar-refractivity contribution in [1.29, 1.82) is 0 Å². The summed E-state index contributed by atoms with van der Waals surface area (Å²) in [5, 5.41) is 15.0. The fraction of sp³-hybridized carbons (Fsp3) is 0.300. The number of ether oxygens (including phenoxy) is 1. The lowest BCUT2D eigenvalue weighted by molar-refractivity contribution is 0.0697. The van der Waals surface area contributed by atoms with Crippen molar-refractivity contribution >= 4 is 17.9 Å². The molecule has 0 aromatic heterocycles. The average molecular weight is 342 g/mol. The molecule has 0 unspecified atom stereocenters. The Hall–Kier alpha value is -2.82. The minimum absolute atomic E-state index is 0.265. The highest BCUT2D eigenvalue weighted by atomic mass is 16.5. The first-order chi connectivity index (χ1) is 12.1. The molecule has 134 valence electrons. The Balaban J connectivity index is 0.00000151. The number of methoxy groups -OCH3 is 1. The van der Waals surface area contributed by atoms with E-state index in [0.717, 1.165) is 24.3 Å². The van der Waals surface area contributed by atoms with Crippen LogP contribution in [0, 0.1) is 0 Å². The van der Waals surface area contributed by atoms with E-state index < -0.39 is 5.97 Å². The third-order valence-corrected chi connectivity index (χ3v) is 3.47. The van der Waals surface area contributed by atoms with Gasteiger partial charge in [-0.1, -0.05) is 26.0 Å². The molecule has 0 atom stereocenters. The third-order valence-electron chi connectivity index (χ3n) is 3.47. The van der Waals surface area contributed by atoms with Crippen LogP contribution in [-0.2, 0) is 4.74 Å². The zero-order valence-corrected chi connectivity index (χ0v) is 15.3. The largest absolute Gasteiger partial charge is 0.497 e. The minimum atomic E-state index is -0.932. The Morgan fingerprint density at radius 1 is 1.24 bits per heavy atom. The van der Waals surface area contributed by atoms with Crippen molar-refractivity contribution in [2.75, 3.05) is 19.2 Å². The molecule has 0 spiro atoms. The standard InChI is InChI=1S/C18H20N2O3.C2H6/c1-20(16-9-7-15(8-10-16)18(21)22)19-13-12-14-4-3-5-17(23-2)11-6-14;1-2/h4-11,13H,3,12H2,1-2H3,(H,21,22);1-2H3/b19-13-;. The van der Waals surface area contributed by atoms with Gasteiger partial charge in [-0.3, -0.25) is 5.01 Å². The topological polar surface area (TPSA) is 62.1 Å². The first-order valence-corrected chi connectivity index (χ1v) is 8.31. The molecule has 1 aromatic rings. The molecular formula is C20H26N2O3. The second-order valence-corrected chi connectivity index (χ2v) is 5.04. The van der Waals surface area contributed by atoms with Gasteiger partial charge in [0.05, 0.1) is 18.4 Å². The quantitative estimate of drug-likeness (QED) is 0.604. The maximum atomic E-state index is 10.8. The van der Waals surface area contributed by atoms with E-state index >= 15 is 0 Å². The molecule has 0 aliphatic heterocycles. The number of hydrazone groups is 1. The lowest BCUT2D eigenvalue weighted by Crippen LogP contribution is -2.09. The fourth-order valence-electron chi connectivity index (χ4n) is 2.11. The van der Waals surface area contributed by atoms with Crippen LogP contribution in [0.15, 0.2) is 65.0 Å². The summed E-state index contributed by atoms with van der Waals surface area (Å²) in [6.45, 7) is 4.00. The molecule has 0 radical (unpaired) electrons. The predicted octanol–water partition coefficient (Wildman–Crippen LogP) is 4.64. The van der Waals surface area contributed by atoms with Crippen LogP contribution >= 0.6 is 0 Å². The molecule has 25 heavy (non-hydrogen) atoms. The summed E-state index contributed by atoms with van der Waals surface area (Å²) < 4.78 is 5.20. The normalized spacial score (nSPS) is 13.3. The van der Waals surface area contributed by atoms with E-state index in [4.69, 9.17) is 9.84 Å². The molecule has 1 aliphatic carbocycles. The number of aromatic carboxylic acids is 1. The highest BCUT2D eigenvalue weighted by Gasteiger charge is 2.03. The van der Waals surface area contributed by atoms with Crippen LogP contribution in [0.5, 0.6) is 0 Å². The molecule has 0 fully saturated rings. The van der Waals surface area contributed by atoms with Crippen molar-refractivity contribution in [2.24, 2.45) is 5.10 Å². The Morgan fingerprint density at radius 3 is 2.52 bits per heavy atom. The lowest BCUT2D eigenvalue weighted by Gasteiger charge is -2.12. The van der Waals surface area contributed by atoms with Gasteiger partial charge in [0.15, 0.2) is 0 Å². The molecule has 2 rings (SSSR count). The number of nitrogens with zero attached hydrogens (tertiary/aromatic N) is 2. The number of benzene rings is 1. The van der Waals surface area contributed by atoms with Gasteiger partial charge in [-0.25, -0.2) is 4.79 Å². The monoisotopic (exact) mass is 342 g/mol. The van der Waals surface area contributed by atoms with Gasteiger partial charge in [-0.2, -0.15) is 5.10 Å². The van der Waals surface area contributed by atoms with E-state index in [1.807, 2.05) is 45.3 Å². The Morgan fingerprint density at radius 2 is 1.92 bits per heavy atom. The molecule has 1 aliphatic rings. The number of allylic oxidation sites excluding steroid dienone is 5. The first-order valence-electron chi connectivity index (χ1n) is 8.31. The Bertz CT molecular complexity index is 671. The van der Waals surface area contributed by atoms with Crippen LogP contribution in [-0.4, -0.2) is 31.4 Å². The number of carboxylic acids is 1. The van der Waals surface area contributed by atoms with Gasteiger partial charge in [-0.15, -0.1) is 0 Å². The van der Waals surface area contributed by atoms with Crippen LogP contribution in [0.2, 0.25) is 0 Å². The van der Waals surface area contributed by atoms with Crippen molar-refractivity contribution in [3.63, 3.8) is 0 Å². The van der Waals surface area contributed by atoms with E-state index in [-0.39, 0.29) is 5.56 Å². The van der Waals surface area contributed by atoms with Gasteiger partial charge in [0.25, 0.3) is 0 Å². The molecule has 0 saturated heterocycles. The summed E-state index contributed by atoms with van der Waals surface area (Å²) in [6.07, 6.45) is 11.5.